The highest BCUT2D eigenvalue weighted by atomic mass is 16.5. The summed E-state index contributed by atoms with van der Waals surface area (Å²) in [4.78, 5) is 14.4. The number of carbonyl (C=O) groups is 1. The van der Waals surface area contributed by atoms with Gasteiger partial charge in [0.05, 0.1) is 27.4 Å². The average molecular weight is 318 g/mol. The van der Waals surface area contributed by atoms with Gasteiger partial charge in [0, 0.05) is 37.1 Å². The van der Waals surface area contributed by atoms with Crippen molar-refractivity contribution in [3.8, 4) is 5.75 Å². The SMILES string of the molecule is COC(=O)c1cc2cc(OC)ccc2n1CCN1CCOCC1. The van der Waals surface area contributed by atoms with Crippen LogP contribution in [0, 0.1) is 0 Å². The van der Waals surface area contributed by atoms with Gasteiger partial charge in [-0.15, -0.1) is 0 Å². The van der Waals surface area contributed by atoms with Crippen LogP contribution in [0.15, 0.2) is 24.3 Å². The summed E-state index contributed by atoms with van der Waals surface area (Å²) in [6.07, 6.45) is 0. The second kappa shape index (κ2) is 7.02. The quantitative estimate of drug-likeness (QED) is 0.787. The maximum Gasteiger partial charge on any atom is 0.354 e. The highest BCUT2D eigenvalue weighted by Crippen LogP contribution is 2.25. The van der Waals surface area contributed by atoms with Crippen molar-refractivity contribution in [2.75, 3.05) is 47.1 Å². The van der Waals surface area contributed by atoms with Crippen LogP contribution in [0.2, 0.25) is 0 Å². The first-order valence-corrected chi connectivity index (χ1v) is 7.78. The Balaban J connectivity index is 1.90. The fourth-order valence-corrected chi connectivity index (χ4v) is 2.96. The number of ether oxygens (including phenoxy) is 3. The van der Waals surface area contributed by atoms with Crippen LogP contribution in [0.4, 0.5) is 0 Å². The number of rotatable bonds is 5. The van der Waals surface area contributed by atoms with Gasteiger partial charge in [0.25, 0.3) is 0 Å². The third-order valence-corrected chi connectivity index (χ3v) is 4.25. The largest absolute Gasteiger partial charge is 0.497 e. The molecule has 3 rings (SSSR count). The summed E-state index contributed by atoms with van der Waals surface area (Å²) in [5, 5.41) is 0.978. The number of benzene rings is 1. The van der Waals surface area contributed by atoms with Crippen LogP contribution < -0.4 is 4.74 Å². The summed E-state index contributed by atoms with van der Waals surface area (Å²) in [5.74, 6) is 0.460. The molecule has 1 aromatic heterocycles. The second-order valence-corrected chi connectivity index (χ2v) is 5.55. The number of fused-ring (bicyclic) bond motifs is 1. The summed E-state index contributed by atoms with van der Waals surface area (Å²) in [5.41, 5.74) is 1.59. The highest BCUT2D eigenvalue weighted by molar-refractivity contribution is 5.96. The van der Waals surface area contributed by atoms with Crippen molar-refractivity contribution >= 4 is 16.9 Å². The molecule has 6 heteroatoms. The highest BCUT2D eigenvalue weighted by Gasteiger charge is 2.18. The van der Waals surface area contributed by atoms with Crippen LogP contribution in [0.5, 0.6) is 5.75 Å². The molecule has 0 atom stereocenters. The molecule has 1 fully saturated rings. The smallest absolute Gasteiger partial charge is 0.354 e. The summed E-state index contributed by atoms with van der Waals surface area (Å²) in [6, 6.07) is 7.70. The molecule has 1 aliphatic rings. The standard InChI is InChI=1S/C17H22N2O4/c1-21-14-3-4-15-13(11-14)12-16(17(20)22-2)19(15)6-5-18-7-9-23-10-8-18/h3-4,11-12H,5-10H2,1-2H3. The number of hydrogen-bond acceptors (Lipinski definition) is 5. The lowest BCUT2D eigenvalue weighted by Gasteiger charge is -2.27. The lowest BCUT2D eigenvalue weighted by atomic mass is 10.2. The molecule has 0 spiro atoms. The fraction of sp³-hybridized carbons (Fsp3) is 0.471. The van der Waals surface area contributed by atoms with Gasteiger partial charge < -0.3 is 18.8 Å². The van der Waals surface area contributed by atoms with Gasteiger partial charge in [0.1, 0.15) is 11.4 Å². The van der Waals surface area contributed by atoms with Crippen molar-refractivity contribution in [3.63, 3.8) is 0 Å². The number of nitrogens with zero attached hydrogens (tertiary/aromatic N) is 2. The van der Waals surface area contributed by atoms with E-state index in [1.807, 2.05) is 28.8 Å². The Morgan fingerprint density at radius 2 is 1.96 bits per heavy atom. The van der Waals surface area contributed by atoms with Crippen LogP contribution in [-0.2, 0) is 16.0 Å². The first-order chi connectivity index (χ1) is 11.2. The molecule has 0 radical (unpaired) electrons. The van der Waals surface area contributed by atoms with Crippen molar-refractivity contribution in [3.05, 3.63) is 30.0 Å². The van der Waals surface area contributed by atoms with Crippen molar-refractivity contribution in [1.82, 2.24) is 9.47 Å². The Kier molecular flexibility index (Phi) is 4.83. The van der Waals surface area contributed by atoms with Crippen molar-refractivity contribution < 1.29 is 19.0 Å². The van der Waals surface area contributed by atoms with Gasteiger partial charge in [-0.25, -0.2) is 4.79 Å². The zero-order valence-electron chi connectivity index (χ0n) is 13.6. The molecule has 2 heterocycles. The molecule has 6 nitrogen and oxygen atoms in total. The summed E-state index contributed by atoms with van der Waals surface area (Å²) >= 11 is 0. The Labute approximate surface area is 135 Å². The molecule has 124 valence electrons. The molecule has 23 heavy (non-hydrogen) atoms. The monoisotopic (exact) mass is 318 g/mol. The van der Waals surface area contributed by atoms with Crippen LogP contribution in [0.1, 0.15) is 10.5 Å². The lowest BCUT2D eigenvalue weighted by molar-refractivity contribution is 0.0361. The summed E-state index contributed by atoms with van der Waals surface area (Å²) < 4.78 is 17.6. The van der Waals surface area contributed by atoms with E-state index >= 15 is 0 Å². The van der Waals surface area contributed by atoms with E-state index in [9.17, 15) is 4.79 Å². The van der Waals surface area contributed by atoms with E-state index in [1.54, 1.807) is 7.11 Å². The van der Waals surface area contributed by atoms with E-state index in [2.05, 4.69) is 4.90 Å². The number of esters is 1. The van der Waals surface area contributed by atoms with E-state index in [1.165, 1.54) is 7.11 Å². The molecule has 0 unspecified atom stereocenters. The molecule has 1 aromatic carbocycles. The molecule has 1 aliphatic heterocycles. The molecule has 0 bridgehead atoms. The van der Waals surface area contributed by atoms with E-state index in [-0.39, 0.29) is 5.97 Å². The van der Waals surface area contributed by atoms with Crippen molar-refractivity contribution in [2.45, 2.75) is 6.54 Å². The van der Waals surface area contributed by atoms with Gasteiger partial charge in [-0.2, -0.15) is 0 Å². The fourth-order valence-electron chi connectivity index (χ4n) is 2.96. The Morgan fingerprint density at radius 3 is 2.65 bits per heavy atom. The van der Waals surface area contributed by atoms with Gasteiger partial charge in [0.15, 0.2) is 0 Å². The van der Waals surface area contributed by atoms with Gasteiger partial charge >= 0.3 is 5.97 Å². The zero-order chi connectivity index (χ0) is 16.2. The maximum atomic E-state index is 12.1. The number of methoxy groups -OCH3 is 2. The van der Waals surface area contributed by atoms with Crippen molar-refractivity contribution in [2.24, 2.45) is 0 Å². The van der Waals surface area contributed by atoms with Crippen molar-refractivity contribution in [1.29, 1.82) is 0 Å². The van der Waals surface area contributed by atoms with Gasteiger partial charge in [-0.1, -0.05) is 0 Å². The minimum Gasteiger partial charge on any atom is -0.497 e. The number of carbonyl (C=O) groups excluding carboxylic acids is 1. The Hall–Kier alpha value is -2.05. The first-order valence-electron chi connectivity index (χ1n) is 7.78. The Morgan fingerprint density at radius 1 is 1.17 bits per heavy atom. The van der Waals surface area contributed by atoms with Crippen LogP contribution in [0.25, 0.3) is 10.9 Å². The molecule has 2 aromatic rings. The first kappa shape index (κ1) is 15.8. The maximum absolute atomic E-state index is 12.1. The predicted molar refractivity (Wildman–Crippen MR) is 87.1 cm³/mol. The molecule has 0 aliphatic carbocycles. The van der Waals surface area contributed by atoms with Crippen LogP contribution in [-0.4, -0.2) is 62.5 Å². The van der Waals surface area contributed by atoms with Crippen LogP contribution >= 0.6 is 0 Å². The predicted octanol–water partition coefficient (Wildman–Crippen LogP) is 1.77. The second-order valence-electron chi connectivity index (χ2n) is 5.55. The van der Waals surface area contributed by atoms with E-state index in [0.29, 0.717) is 5.69 Å². The van der Waals surface area contributed by atoms with Crippen LogP contribution in [0.3, 0.4) is 0 Å². The zero-order valence-corrected chi connectivity index (χ0v) is 13.6. The average Bonchev–Trinajstić information content (AvgIpc) is 2.97. The summed E-state index contributed by atoms with van der Waals surface area (Å²) in [7, 11) is 3.05. The minimum absolute atomic E-state index is 0.317. The number of morpholine rings is 1. The molecule has 1 saturated heterocycles. The third-order valence-electron chi connectivity index (χ3n) is 4.25. The minimum atomic E-state index is -0.317. The topological polar surface area (TPSA) is 52.9 Å². The molecular weight excluding hydrogens is 296 g/mol. The van der Waals surface area contributed by atoms with E-state index in [0.717, 1.165) is 56.0 Å². The van der Waals surface area contributed by atoms with Gasteiger partial charge in [-0.3, -0.25) is 4.90 Å². The third kappa shape index (κ3) is 3.33. The lowest BCUT2D eigenvalue weighted by Crippen LogP contribution is -2.38. The normalized spacial score (nSPS) is 15.7. The molecule has 0 N–H and O–H groups in total. The van der Waals surface area contributed by atoms with Gasteiger partial charge in [0.2, 0.25) is 0 Å². The van der Waals surface area contributed by atoms with E-state index in [4.69, 9.17) is 14.2 Å². The molecular formula is C17H22N2O4. The molecule has 0 amide bonds. The number of hydrogen-bond donors (Lipinski definition) is 0. The number of aromatic nitrogens is 1. The van der Waals surface area contributed by atoms with Gasteiger partial charge in [-0.05, 0) is 24.3 Å². The summed E-state index contributed by atoms with van der Waals surface area (Å²) in [6.45, 7) is 5.02. The Bertz CT molecular complexity index is 689. The van der Waals surface area contributed by atoms with E-state index < -0.39 is 0 Å². The molecule has 0 saturated carbocycles.